The Kier molecular flexibility index (Phi) is 5.05. The Morgan fingerprint density at radius 2 is 2.05 bits per heavy atom. The third-order valence-corrected chi connectivity index (χ3v) is 3.97. The van der Waals surface area contributed by atoms with Gasteiger partial charge in [0, 0.05) is 5.38 Å². The molecule has 0 fully saturated rings. The zero-order valence-electron chi connectivity index (χ0n) is 11.6. The standard InChI is InChI=1S/C15H16N2O3S/c1-2-13-16-11(9-21-13)8-12(18)17-14(15(19)20)10-6-4-3-5-7-10/h3-7,9,14H,2,8H2,1H3,(H,17,18)(H,19,20)/t14-/m0/s1. The number of benzene rings is 1. The zero-order valence-corrected chi connectivity index (χ0v) is 12.4. The number of hydrogen-bond acceptors (Lipinski definition) is 4. The van der Waals surface area contributed by atoms with E-state index in [-0.39, 0.29) is 12.3 Å². The molecule has 0 bridgehead atoms. The number of nitrogens with one attached hydrogen (secondary N) is 1. The molecule has 1 heterocycles. The summed E-state index contributed by atoms with van der Waals surface area (Å²) in [5.41, 5.74) is 1.22. The number of amides is 1. The molecule has 0 aliphatic rings. The lowest BCUT2D eigenvalue weighted by Crippen LogP contribution is -2.34. The Morgan fingerprint density at radius 3 is 2.62 bits per heavy atom. The van der Waals surface area contributed by atoms with Crippen LogP contribution in [0.1, 0.15) is 29.2 Å². The molecule has 2 N–H and O–H groups in total. The van der Waals surface area contributed by atoms with Crippen molar-refractivity contribution in [2.45, 2.75) is 25.8 Å². The van der Waals surface area contributed by atoms with E-state index in [4.69, 9.17) is 0 Å². The van der Waals surface area contributed by atoms with Gasteiger partial charge < -0.3 is 10.4 Å². The Balaban J connectivity index is 2.03. The van der Waals surface area contributed by atoms with Crippen LogP contribution in [0.5, 0.6) is 0 Å². The first kappa shape index (κ1) is 15.2. The summed E-state index contributed by atoms with van der Waals surface area (Å²) in [5.74, 6) is -1.43. The van der Waals surface area contributed by atoms with Crippen LogP contribution in [-0.2, 0) is 22.4 Å². The summed E-state index contributed by atoms with van der Waals surface area (Å²) in [6, 6.07) is 7.60. The van der Waals surface area contributed by atoms with Gasteiger partial charge in [-0.3, -0.25) is 4.79 Å². The van der Waals surface area contributed by atoms with Crippen LogP contribution in [0.25, 0.3) is 0 Å². The number of aromatic nitrogens is 1. The van der Waals surface area contributed by atoms with Gasteiger partial charge in [-0.1, -0.05) is 37.3 Å². The van der Waals surface area contributed by atoms with Crippen LogP contribution < -0.4 is 5.32 Å². The molecule has 110 valence electrons. The molecule has 2 aromatic rings. The molecule has 0 saturated heterocycles. The van der Waals surface area contributed by atoms with Crippen LogP contribution in [-0.4, -0.2) is 22.0 Å². The molecular formula is C15H16N2O3S. The van der Waals surface area contributed by atoms with Gasteiger partial charge in [0.2, 0.25) is 5.91 Å². The minimum atomic E-state index is -1.08. The quantitative estimate of drug-likeness (QED) is 0.857. The first-order valence-electron chi connectivity index (χ1n) is 6.60. The summed E-state index contributed by atoms with van der Waals surface area (Å²) in [4.78, 5) is 27.6. The van der Waals surface area contributed by atoms with Crippen molar-refractivity contribution in [3.05, 3.63) is 52.0 Å². The fraction of sp³-hybridized carbons (Fsp3) is 0.267. The fourth-order valence-corrected chi connectivity index (χ4v) is 2.65. The van der Waals surface area contributed by atoms with E-state index < -0.39 is 12.0 Å². The molecule has 0 spiro atoms. The highest BCUT2D eigenvalue weighted by atomic mass is 32.1. The lowest BCUT2D eigenvalue weighted by molar-refractivity contribution is -0.142. The summed E-state index contributed by atoms with van der Waals surface area (Å²) in [6.07, 6.45) is 0.918. The first-order chi connectivity index (χ1) is 10.1. The molecule has 0 radical (unpaired) electrons. The number of aliphatic carboxylic acids is 1. The monoisotopic (exact) mass is 304 g/mol. The number of carbonyl (C=O) groups excluding carboxylic acids is 1. The summed E-state index contributed by atoms with van der Waals surface area (Å²) in [5, 5.41) is 14.6. The summed E-state index contributed by atoms with van der Waals surface area (Å²) >= 11 is 1.51. The van der Waals surface area contributed by atoms with Gasteiger partial charge in [-0.2, -0.15) is 0 Å². The highest BCUT2D eigenvalue weighted by molar-refractivity contribution is 7.09. The van der Waals surface area contributed by atoms with E-state index in [2.05, 4.69) is 10.3 Å². The third kappa shape index (κ3) is 4.13. The van der Waals surface area contributed by atoms with E-state index in [1.807, 2.05) is 12.3 Å². The molecule has 1 amide bonds. The van der Waals surface area contributed by atoms with Crippen LogP contribution >= 0.6 is 11.3 Å². The number of hydrogen-bond donors (Lipinski definition) is 2. The van der Waals surface area contributed by atoms with Crippen LogP contribution in [0.4, 0.5) is 0 Å². The largest absolute Gasteiger partial charge is 0.479 e. The molecule has 6 heteroatoms. The van der Waals surface area contributed by atoms with Gasteiger partial charge in [0.15, 0.2) is 6.04 Å². The van der Waals surface area contributed by atoms with Crippen LogP contribution in [0, 0.1) is 0 Å². The molecule has 1 atom stereocenters. The van der Waals surface area contributed by atoms with Gasteiger partial charge in [-0.25, -0.2) is 9.78 Å². The third-order valence-electron chi connectivity index (χ3n) is 2.93. The normalized spacial score (nSPS) is 11.9. The maximum Gasteiger partial charge on any atom is 0.330 e. The number of rotatable bonds is 6. The molecule has 2 rings (SSSR count). The van der Waals surface area contributed by atoms with Crippen molar-refractivity contribution in [1.29, 1.82) is 0 Å². The van der Waals surface area contributed by atoms with E-state index in [9.17, 15) is 14.7 Å². The van der Waals surface area contributed by atoms with Crippen molar-refractivity contribution in [3.63, 3.8) is 0 Å². The zero-order chi connectivity index (χ0) is 15.2. The Morgan fingerprint density at radius 1 is 1.33 bits per heavy atom. The minimum Gasteiger partial charge on any atom is -0.479 e. The molecule has 1 aromatic heterocycles. The van der Waals surface area contributed by atoms with Crippen LogP contribution in [0.3, 0.4) is 0 Å². The highest BCUT2D eigenvalue weighted by Crippen LogP contribution is 2.14. The lowest BCUT2D eigenvalue weighted by Gasteiger charge is -2.14. The van der Waals surface area contributed by atoms with Crippen LogP contribution in [0.2, 0.25) is 0 Å². The van der Waals surface area contributed by atoms with E-state index in [1.54, 1.807) is 30.3 Å². The van der Waals surface area contributed by atoms with Crippen molar-refractivity contribution < 1.29 is 14.7 Å². The SMILES string of the molecule is CCc1nc(CC(=O)N[C@H](C(=O)O)c2ccccc2)cs1. The van der Waals surface area contributed by atoms with E-state index in [0.29, 0.717) is 11.3 Å². The highest BCUT2D eigenvalue weighted by Gasteiger charge is 2.22. The first-order valence-corrected chi connectivity index (χ1v) is 7.48. The molecule has 0 aliphatic carbocycles. The Bertz CT molecular complexity index is 625. The topological polar surface area (TPSA) is 79.3 Å². The molecular weight excluding hydrogens is 288 g/mol. The van der Waals surface area contributed by atoms with Crippen molar-refractivity contribution in [3.8, 4) is 0 Å². The molecule has 0 unspecified atom stereocenters. The molecule has 5 nitrogen and oxygen atoms in total. The van der Waals surface area contributed by atoms with Gasteiger partial charge in [0.05, 0.1) is 17.1 Å². The van der Waals surface area contributed by atoms with Gasteiger partial charge in [0.25, 0.3) is 0 Å². The van der Waals surface area contributed by atoms with Gasteiger partial charge in [-0.15, -0.1) is 11.3 Å². The smallest absolute Gasteiger partial charge is 0.330 e. The predicted molar refractivity (Wildman–Crippen MR) is 80.2 cm³/mol. The second kappa shape index (κ2) is 6.99. The van der Waals surface area contributed by atoms with Crippen molar-refractivity contribution in [1.82, 2.24) is 10.3 Å². The van der Waals surface area contributed by atoms with E-state index in [0.717, 1.165) is 11.4 Å². The number of carboxylic acid groups (broad SMARTS) is 1. The van der Waals surface area contributed by atoms with Gasteiger partial charge in [-0.05, 0) is 12.0 Å². The summed E-state index contributed by atoms with van der Waals surface area (Å²) in [6.45, 7) is 2.00. The van der Waals surface area contributed by atoms with Crippen molar-refractivity contribution in [2.75, 3.05) is 0 Å². The minimum absolute atomic E-state index is 0.0904. The van der Waals surface area contributed by atoms with Gasteiger partial charge in [0.1, 0.15) is 0 Å². The van der Waals surface area contributed by atoms with Crippen molar-refractivity contribution >= 4 is 23.2 Å². The molecule has 21 heavy (non-hydrogen) atoms. The Hall–Kier alpha value is -2.21. The number of carboxylic acids is 1. The summed E-state index contributed by atoms with van der Waals surface area (Å²) < 4.78 is 0. The molecule has 1 aromatic carbocycles. The average molecular weight is 304 g/mol. The molecule has 0 aliphatic heterocycles. The lowest BCUT2D eigenvalue weighted by atomic mass is 10.1. The van der Waals surface area contributed by atoms with Crippen LogP contribution in [0.15, 0.2) is 35.7 Å². The van der Waals surface area contributed by atoms with E-state index in [1.165, 1.54) is 11.3 Å². The number of carbonyl (C=O) groups is 2. The summed E-state index contributed by atoms with van der Waals surface area (Å²) in [7, 11) is 0. The Labute approximate surface area is 126 Å². The number of nitrogens with zero attached hydrogens (tertiary/aromatic N) is 1. The predicted octanol–water partition coefficient (Wildman–Crippen LogP) is 2.19. The maximum atomic E-state index is 12.0. The second-order valence-corrected chi connectivity index (χ2v) is 5.46. The maximum absolute atomic E-state index is 12.0. The van der Waals surface area contributed by atoms with Crippen molar-refractivity contribution in [2.24, 2.45) is 0 Å². The number of thiazole rings is 1. The number of aryl methyl sites for hydroxylation is 1. The van der Waals surface area contributed by atoms with Gasteiger partial charge >= 0.3 is 5.97 Å². The fourth-order valence-electron chi connectivity index (χ4n) is 1.90. The molecule has 0 saturated carbocycles. The second-order valence-electron chi connectivity index (χ2n) is 4.51. The van der Waals surface area contributed by atoms with E-state index >= 15 is 0 Å². The average Bonchev–Trinajstić information content (AvgIpc) is 2.93.